The van der Waals surface area contributed by atoms with Gasteiger partial charge in [-0.3, -0.25) is 14.3 Å². The van der Waals surface area contributed by atoms with Crippen molar-refractivity contribution in [3.8, 4) is 0 Å². The molecule has 2 unspecified atom stereocenters. The molecule has 1 aromatic heterocycles. The third-order valence-electron chi connectivity index (χ3n) is 5.74. The molecule has 0 spiro atoms. The lowest BCUT2D eigenvalue weighted by molar-refractivity contribution is -0.0408. The van der Waals surface area contributed by atoms with Crippen LogP contribution in [-0.2, 0) is 43.2 Å². The second-order valence-corrected chi connectivity index (χ2v) is 20.2. The van der Waals surface area contributed by atoms with E-state index >= 15 is 0 Å². The van der Waals surface area contributed by atoms with E-state index in [0.717, 1.165) is 4.57 Å². The van der Waals surface area contributed by atoms with E-state index < -0.39 is 60.4 Å². The predicted molar refractivity (Wildman–Crippen MR) is 133 cm³/mol. The van der Waals surface area contributed by atoms with Crippen LogP contribution in [0, 0.1) is 6.92 Å². The van der Waals surface area contributed by atoms with Crippen LogP contribution in [0.5, 0.6) is 0 Å². The first-order chi connectivity index (χ1) is 16.0. The molecule has 5 atom stereocenters. The van der Waals surface area contributed by atoms with Gasteiger partial charge < -0.3 is 33.3 Å². The largest absolute Gasteiger partial charge is 0.488 e. The van der Waals surface area contributed by atoms with Crippen LogP contribution in [0.15, 0.2) is 15.8 Å². The maximum atomic E-state index is 12.4. The molecule has 36 heavy (non-hydrogen) atoms. The molecule has 1 aromatic rings. The van der Waals surface area contributed by atoms with Gasteiger partial charge >= 0.3 is 28.1 Å². The Labute approximate surface area is 213 Å². The topological polar surface area (TPSA) is 216 Å². The normalized spacial score (nSPS) is 24.9. The van der Waals surface area contributed by atoms with Crippen molar-refractivity contribution in [2.24, 2.45) is 0 Å². The first-order valence-corrected chi connectivity index (χ1v) is 19.0. The standard InChI is InChI=1S/C16H31N2O13P3SSi/c1-10-8-18(15(20)17-14(10)19)13-7-11(12(28-13)9-27-36(5,6)16(2,3)4)29-34(26,35)31-33(24,25)30-32(21,22)23/h8,11-13H,7,9H2,1-6H3,(H,24,25)(H,26,35)(H,17,19,20)(H2,21,22,23)/t11-,12+,13+,34?/m0/s1. The summed E-state index contributed by atoms with van der Waals surface area (Å²) >= 11 is 4.76. The molecule has 0 aromatic carbocycles. The van der Waals surface area contributed by atoms with Crippen molar-refractivity contribution >= 4 is 42.5 Å². The van der Waals surface area contributed by atoms with Crippen LogP contribution in [0.4, 0.5) is 0 Å². The van der Waals surface area contributed by atoms with Gasteiger partial charge in [0.15, 0.2) is 8.32 Å². The minimum atomic E-state index is -5.52. The Morgan fingerprint density at radius 3 is 2.31 bits per heavy atom. The molecule has 1 saturated heterocycles. The minimum absolute atomic E-state index is 0.0696. The van der Waals surface area contributed by atoms with E-state index in [1.807, 2.05) is 33.9 Å². The zero-order valence-electron chi connectivity index (χ0n) is 20.4. The number of aromatic amines is 1. The van der Waals surface area contributed by atoms with Crippen LogP contribution < -0.4 is 11.2 Å². The van der Waals surface area contributed by atoms with Crippen LogP contribution in [0.3, 0.4) is 0 Å². The summed E-state index contributed by atoms with van der Waals surface area (Å²) in [6.07, 6.45) is -1.96. The van der Waals surface area contributed by atoms with Gasteiger partial charge in [0.2, 0.25) is 0 Å². The Morgan fingerprint density at radius 2 is 1.78 bits per heavy atom. The van der Waals surface area contributed by atoms with Crippen LogP contribution >= 0.6 is 22.4 Å². The van der Waals surface area contributed by atoms with E-state index in [4.69, 9.17) is 35.3 Å². The number of aromatic nitrogens is 2. The van der Waals surface area contributed by atoms with Gasteiger partial charge in [-0.1, -0.05) is 20.8 Å². The SMILES string of the molecule is Cc1cn([C@H]2C[C@H](OP(O)(=S)OP(=O)(O)OP(=O)(O)O)[C@@H](CO[Si](C)(C)C(C)(C)C)O2)c(=O)[nH]c1=O. The fraction of sp³-hybridized carbons (Fsp3) is 0.750. The maximum Gasteiger partial charge on any atom is 0.488 e. The minimum Gasteiger partial charge on any atom is -0.414 e. The third-order valence-corrected chi connectivity index (χ3v) is 15.0. The summed E-state index contributed by atoms with van der Waals surface area (Å²) in [5, 5.41) is -0.174. The number of hydrogen-bond acceptors (Lipinski definition) is 10. The van der Waals surface area contributed by atoms with Gasteiger partial charge in [0, 0.05) is 18.2 Å². The Balaban J connectivity index is 2.32. The number of aryl methyl sites for hydroxylation is 1. The average molecular weight is 613 g/mol. The summed E-state index contributed by atoms with van der Waals surface area (Å²) < 4.78 is 49.4. The lowest BCUT2D eigenvalue weighted by Gasteiger charge is -2.37. The fourth-order valence-corrected chi connectivity index (χ4v) is 8.24. The summed E-state index contributed by atoms with van der Waals surface area (Å²) in [6.45, 7) is 6.75. The van der Waals surface area contributed by atoms with Gasteiger partial charge in [-0.05, 0) is 36.9 Å². The maximum absolute atomic E-state index is 12.4. The van der Waals surface area contributed by atoms with Gasteiger partial charge in [0.25, 0.3) is 5.56 Å². The number of nitrogens with zero attached hydrogens (tertiary/aromatic N) is 1. The second-order valence-electron chi connectivity index (χ2n) is 9.65. The van der Waals surface area contributed by atoms with Gasteiger partial charge in [-0.15, -0.1) is 0 Å². The number of phosphoric acid groups is 2. The predicted octanol–water partition coefficient (Wildman–Crippen LogP) is 1.98. The molecule has 1 fully saturated rings. The van der Waals surface area contributed by atoms with Crippen molar-refractivity contribution in [1.82, 2.24) is 9.55 Å². The molecular formula is C16H31N2O13P3SSi. The van der Waals surface area contributed by atoms with Gasteiger partial charge in [0.1, 0.15) is 12.3 Å². The number of hydrogen-bond donors (Lipinski definition) is 5. The molecule has 0 aliphatic carbocycles. The summed E-state index contributed by atoms with van der Waals surface area (Å²) in [4.78, 5) is 63.7. The van der Waals surface area contributed by atoms with Gasteiger partial charge in [0.05, 0.1) is 12.7 Å². The Bertz CT molecular complexity index is 1220. The van der Waals surface area contributed by atoms with Crippen molar-refractivity contribution in [2.75, 3.05) is 6.61 Å². The van der Waals surface area contributed by atoms with E-state index in [0.29, 0.717) is 0 Å². The zero-order chi connectivity index (χ0) is 27.9. The van der Waals surface area contributed by atoms with E-state index in [-0.39, 0.29) is 23.6 Å². The van der Waals surface area contributed by atoms with Gasteiger partial charge in [-0.25, -0.2) is 18.2 Å². The molecule has 0 bridgehead atoms. The average Bonchev–Trinajstić information content (AvgIpc) is 3.00. The molecule has 20 heteroatoms. The van der Waals surface area contributed by atoms with E-state index in [2.05, 4.69) is 13.6 Å². The van der Waals surface area contributed by atoms with Crippen LogP contribution in [-0.4, -0.2) is 56.3 Å². The fourth-order valence-electron chi connectivity index (χ4n) is 2.91. The van der Waals surface area contributed by atoms with Gasteiger partial charge in [-0.2, -0.15) is 4.31 Å². The van der Waals surface area contributed by atoms with Crippen LogP contribution in [0.1, 0.15) is 39.0 Å². The highest BCUT2D eigenvalue weighted by Gasteiger charge is 2.46. The Hall–Kier alpha value is -0.353. The Morgan fingerprint density at radius 1 is 1.19 bits per heavy atom. The zero-order valence-corrected chi connectivity index (χ0v) is 24.9. The highest BCUT2D eigenvalue weighted by molar-refractivity contribution is 8.08. The highest BCUT2D eigenvalue weighted by Crippen LogP contribution is 2.67. The first-order valence-electron chi connectivity index (χ1n) is 10.5. The molecular weight excluding hydrogens is 581 g/mol. The molecule has 208 valence electrons. The summed E-state index contributed by atoms with van der Waals surface area (Å²) in [5.41, 5.74) is -1.12. The second kappa shape index (κ2) is 11.0. The van der Waals surface area contributed by atoms with E-state index in [1.165, 1.54) is 13.1 Å². The quantitative estimate of drug-likeness (QED) is 0.189. The molecule has 0 amide bonds. The summed E-state index contributed by atoms with van der Waals surface area (Å²) in [5.74, 6) is 0. The van der Waals surface area contributed by atoms with Crippen molar-refractivity contribution in [3.63, 3.8) is 0 Å². The van der Waals surface area contributed by atoms with E-state index in [9.17, 15) is 28.5 Å². The first kappa shape index (κ1) is 31.9. The molecule has 2 heterocycles. The molecule has 15 nitrogen and oxygen atoms in total. The van der Waals surface area contributed by atoms with E-state index in [1.54, 1.807) is 0 Å². The molecule has 5 N–H and O–H groups in total. The van der Waals surface area contributed by atoms with Crippen molar-refractivity contribution in [3.05, 3.63) is 32.6 Å². The van der Waals surface area contributed by atoms with Crippen LogP contribution in [0.25, 0.3) is 0 Å². The molecule has 0 radical (unpaired) electrons. The number of H-pyrrole nitrogens is 1. The number of ether oxygens (including phenoxy) is 1. The van der Waals surface area contributed by atoms with Crippen LogP contribution in [0.2, 0.25) is 18.1 Å². The highest BCUT2D eigenvalue weighted by atomic mass is 32.5. The van der Waals surface area contributed by atoms with Crippen molar-refractivity contribution in [2.45, 2.75) is 70.7 Å². The molecule has 1 aliphatic rings. The molecule has 0 saturated carbocycles. The lowest BCUT2D eigenvalue weighted by Crippen LogP contribution is -2.44. The lowest BCUT2D eigenvalue weighted by atomic mass is 10.2. The third kappa shape index (κ3) is 8.85. The monoisotopic (exact) mass is 612 g/mol. The van der Waals surface area contributed by atoms with Crippen molar-refractivity contribution in [1.29, 1.82) is 0 Å². The number of rotatable bonds is 10. The van der Waals surface area contributed by atoms with Crippen molar-refractivity contribution < 1.29 is 51.0 Å². The smallest absolute Gasteiger partial charge is 0.414 e. The molecule has 2 rings (SSSR count). The number of nitrogens with one attached hydrogen (secondary N) is 1. The molecule has 1 aliphatic heterocycles. The Kier molecular flexibility index (Phi) is 9.76. The summed E-state index contributed by atoms with van der Waals surface area (Å²) in [7, 11) is -13.3. The summed E-state index contributed by atoms with van der Waals surface area (Å²) in [6, 6.07) is 0.